The summed E-state index contributed by atoms with van der Waals surface area (Å²) in [6, 6.07) is 8.09. The molecule has 0 unspecified atom stereocenters. The number of ether oxygens (including phenoxy) is 7. The number of methoxy groups -OCH3 is 1. The van der Waals surface area contributed by atoms with Crippen LogP contribution in [0.15, 0.2) is 42.5 Å². The second-order valence-corrected chi connectivity index (χ2v) is 15.1. The Bertz CT molecular complexity index is 2060. The Kier molecular flexibility index (Phi) is 14.8. The molecule has 2 heterocycles. The Balaban J connectivity index is 1.95. The van der Waals surface area contributed by atoms with Gasteiger partial charge < -0.3 is 43.8 Å². The number of hydrogen-bond donors (Lipinski definition) is 2. The highest BCUT2D eigenvalue weighted by Gasteiger charge is 2.25. The lowest BCUT2D eigenvalue weighted by Gasteiger charge is -2.20. The van der Waals surface area contributed by atoms with Crippen LogP contribution in [0, 0.1) is 10.1 Å². The molecule has 0 aliphatic carbocycles. The molecule has 0 spiro atoms. The van der Waals surface area contributed by atoms with Crippen LogP contribution in [0.5, 0.6) is 17.5 Å². The van der Waals surface area contributed by atoms with Crippen molar-refractivity contribution < 1.29 is 66.8 Å². The van der Waals surface area contributed by atoms with E-state index in [9.17, 15) is 38.9 Å². The summed E-state index contributed by atoms with van der Waals surface area (Å²) in [5.74, 6) is -6.13. The van der Waals surface area contributed by atoms with E-state index in [4.69, 9.17) is 33.2 Å². The van der Waals surface area contributed by atoms with E-state index in [0.29, 0.717) is 0 Å². The summed E-state index contributed by atoms with van der Waals surface area (Å²) in [4.78, 5) is 95.4. The number of benzene rings is 1. The van der Waals surface area contributed by atoms with E-state index in [1.54, 1.807) is 62.3 Å². The first-order valence-electron chi connectivity index (χ1n) is 17.4. The van der Waals surface area contributed by atoms with Crippen molar-refractivity contribution in [2.45, 2.75) is 79.1 Å². The number of amides is 2. The van der Waals surface area contributed by atoms with Gasteiger partial charge in [0.1, 0.15) is 33.9 Å². The third-order valence-electron chi connectivity index (χ3n) is 6.52. The van der Waals surface area contributed by atoms with E-state index in [1.807, 2.05) is 0 Å². The minimum absolute atomic E-state index is 0.0977. The highest BCUT2D eigenvalue weighted by Crippen LogP contribution is 2.30. The van der Waals surface area contributed by atoms with Gasteiger partial charge in [-0.05, 0) is 92.6 Å². The molecule has 0 atom stereocenters. The average Bonchev–Trinajstić information content (AvgIpc) is 3.10. The number of nitro groups is 1. The molecule has 20 heteroatoms. The molecule has 0 saturated carbocycles. The predicted molar refractivity (Wildman–Crippen MR) is 203 cm³/mol. The summed E-state index contributed by atoms with van der Waals surface area (Å²) >= 11 is 0. The van der Waals surface area contributed by atoms with Gasteiger partial charge >= 0.3 is 29.6 Å². The molecule has 0 aliphatic heterocycles. The van der Waals surface area contributed by atoms with Gasteiger partial charge in [-0.2, -0.15) is 0 Å². The highest BCUT2D eigenvalue weighted by atomic mass is 16.6. The maximum atomic E-state index is 13.5. The number of anilines is 2. The zero-order valence-electron chi connectivity index (χ0n) is 33.6. The summed E-state index contributed by atoms with van der Waals surface area (Å²) in [5.41, 5.74) is -4.03. The van der Waals surface area contributed by atoms with Crippen LogP contribution in [-0.2, 0) is 33.3 Å². The zero-order chi connectivity index (χ0) is 43.6. The molecule has 1 aromatic carbocycles. The Morgan fingerprint density at radius 2 is 1.05 bits per heavy atom. The molecule has 0 saturated heterocycles. The number of aromatic nitrogens is 2. The van der Waals surface area contributed by atoms with Crippen LogP contribution in [0.4, 0.5) is 17.1 Å². The lowest BCUT2D eigenvalue weighted by atomic mass is 10.1. The van der Waals surface area contributed by atoms with Crippen molar-refractivity contribution in [3.05, 3.63) is 69.5 Å². The third kappa shape index (κ3) is 14.7. The first-order chi connectivity index (χ1) is 26.8. The summed E-state index contributed by atoms with van der Waals surface area (Å²) in [7, 11) is 1.13. The van der Waals surface area contributed by atoms with Gasteiger partial charge in [0.15, 0.2) is 31.3 Å². The van der Waals surface area contributed by atoms with Crippen molar-refractivity contribution in [3.8, 4) is 17.5 Å². The second kappa shape index (κ2) is 18.9. The molecular weight excluding hydrogens is 766 g/mol. The Hall–Kier alpha value is -6.86. The molecule has 312 valence electrons. The average molecular weight is 812 g/mol. The van der Waals surface area contributed by atoms with Crippen molar-refractivity contribution in [1.29, 1.82) is 0 Å². The van der Waals surface area contributed by atoms with Gasteiger partial charge in [-0.3, -0.25) is 19.7 Å². The number of carbonyl (C=O) groups is 6. The molecule has 0 aliphatic rings. The van der Waals surface area contributed by atoms with Crippen molar-refractivity contribution in [2.24, 2.45) is 0 Å². The topological polar surface area (TPSA) is 260 Å². The minimum atomic E-state index is -0.892. The van der Waals surface area contributed by atoms with Crippen LogP contribution in [-0.4, -0.2) is 94.3 Å². The van der Waals surface area contributed by atoms with E-state index in [-0.39, 0.29) is 34.2 Å². The molecule has 20 nitrogen and oxygen atoms in total. The van der Waals surface area contributed by atoms with Gasteiger partial charge in [0.25, 0.3) is 11.8 Å². The van der Waals surface area contributed by atoms with Gasteiger partial charge in [0.2, 0.25) is 11.8 Å². The Labute approximate surface area is 333 Å². The summed E-state index contributed by atoms with van der Waals surface area (Å²) < 4.78 is 36.9. The molecule has 2 amide bonds. The number of nitrogens with one attached hydrogen (secondary N) is 2. The van der Waals surface area contributed by atoms with E-state index < -0.39 is 94.6 Å². The number of esters is 4. The normalized spacial score (nSPS) is 11.3. The number of carbonyl (C=O) groups excluding carboxylic acids is 6. The van der Waals surface area contributed by atoms with Crippen molar-refractivity contribution >= 4 is 52.8 Å². The SMILES string of the molecule is COC(=O)c1ccc(NC(=O)c2ccc(NC(=O)c3ccc([N+](=O)[O-])c(OCC(=O)OC(C)(C)C)c3)c(OCC(=O)OC(C)(C)C)n2)c(OCC(=O)OC(C)(C)C)n1. The van der Waals surface area contributed by atoms with Crippen LogP contribution in [0.2, 0.25) is 0 Å². The first-order valence-corrected chi connectivity index (χ1v) is 17.4. The lowest BCUT2D eigenvalue weighted by Crippen LogP contribution is -2.28. The van der Waals surface area contributed by atoms with Crippen LogP contribution in [0.3, 0.4) is 0 Å². The molecule has 3 aromatic rings. The standard InChI is InChI=1S/C38H45N5O15/c1-36(2,3)56-28(44)18-53-27-17-21(11-16-26(27)43(50)51)31(47)39-23-13-12-22(41-33(23)54-19-29(45)57-37(4,5)6)32(48)40-24-14-15-25(35(49)52-10)42-34(24)55-20-30(46)58-38(7,8)9/h11-17H,18-20H2,1-10H3,(H,39,47)(H,40,48). The molecule has 0 bridgehead atoms. The van der Waals surface area contributed by atoms with Gasteiger partial charge in [-0.25, -0.2) is 29.1 Å². The quantitative estimate of drug-likeness (QED) is 0.0900. The Morgan fingerprint density at radius 3 is 1.50 bits per heavy atom. The van der Waals surface area contributed by atoms with E-state index in [1.165, 1.54) is 24.3 Å². The molecular formula is C38H45N5O15. The fraction of sp³-hybridized carbons (Fsp3) is 0.421. The summed E-state index contributed by atoms with van der Waals surface area (Å²) in [5, 5.41) is 16.7. The van der Waals surface area contributed by atoms with Crippen molar-refractivity contribution in [2.75, 3.05) is 37.6 Å². The largest absolute Gasteiger partial charge is 0.475 e. The molecule has 2 aromatic heterocycles. The smallest absolute Gasteiger partial charge is 0.356 e. The van der Waals surface area contributed by atoms with Crippen LogP contribution in [0.25, 0.3) is 0 Å². The van der Waals surface area contributed by atoms with Gasteiger partial charge in [-0.1, -0.05) is 0 Å². The highest BCUT2D eigenvalue weighted by molar-refractivity contribution is 6.07. The molecule has 0 radical (unpaired) electrons. The van der Waals surface area contributed by atoms with Crippen LogP contribution < -0.4 is 24.8 Å². The summed E-state index contributed by atoms with van der Waals surface area (Å²) in [6.45, 7) is 12.7. The lowest BCUT2D eigenvalue weighted by molar-refractivity contribution is -0.385. The first kappa shape index (κ1) is 45.5. The fourth-order valence-electron chi connectivity index (χ4n) is 4.44. The van der Waals surface area contributed by atoms with Crippen molar-refractivity contribution in [3.63, 3.8) is 0 Å². The number of pyridine rings is 2. The van der Waals surface area contributed by atoms with E-state index in [2.05, 4.69) is 20.6 Å². The zero-order valence-corrected chi connectivity index (χ0v) is 33.6. The minimum Gasteiger partial charge on any atom is -0.475 e. The Morgan fingerprint density at radius 1 is 0.621 bits per heavy atom. The number of rotatable bonds is 15. The number of hydrogen-bond acceptors (Lipinski definition) is 17. The second-order valence-electron chi connectivity index (χ2n) is 15.1. The molecule has 58 heavy (non-hydrogen) atoms. The van der Waals surface area contributed by atoms with Gasteiger partial charge in [0.05, 0.1) is 12.0 Å². The molecule has 3 rings (SSSR count). The van der Waals surface area contributed by atoms with Crippen LogP contribution in [0.1, 0.15) is 93.6 Å². The molecule has 0 fully saturated rings. The predicted octanol–water partition coefficient (Wildman–Crippen LogP) is 4.84. The maximum Gasteiger partial charge on any atom is 0.356 e. The number of nitrogens with zero attached hydrogens (tertiary/aromatic N) is 3. The van der Waals surface area contributed by atoms with E-state index in [0.717, 1.165) is 25.3 Å². The number of nitro benzene ring substituents is 1. The van der Waals surface area contributed by atoms with E-state index >= 15 is 0 Å². The maximum absolute atomic E-state index is 13.5. The monoisotopic (exact) mass is 811 g/mol. The van der Waals surface area contributed by atoms with Crippen LogP contribution >= 0.6 is 0 Å². The fourth-order valence-corrected chi connectivity index (χ4v) is 4.44. The van der Waals surface area contributed by atoms with Gasteiger partial charge in [0, 0.05) is 17.7 Å². The van der Waals surface area contributed by atoms with Crippen molar-refractivity contribution in [1.82, 2.24) is 9.97 Å². The third-order valence-corrected chi connectivity index (χ3v) is 6.52. The summed E-state index contributed by atoms with van der Waals surface area (Å²) in [6.07, 6.45) is 0. The molecule has 2 N–H and O–H groups in total. The van der Waals surface area contributed by atoms with Gasteiger partial charge in [-0.15, -0.1) is 0 Å².